The zero-order valence-electron chi connectivity index (χ0n) is 21.1. The van der Waals surface area contributed by atoms with Crippen molar-refractivity contribution >= 4 is 34.8 Å². The first kappa shape index (κ1) is 25.6. The van der Waals surface area contributed by atoms with Crippen LogP contribution >= 0.6 is 0 Å². The van der Waals surface area contributed by atoms with Crippen molar-refractivity contribution in [1.82, 2.24) is 24.5 Å². The molecule has 0 saturated heterocycles. The van der Waals surface area contributed by atoms with Crippen LogP contribution in [0.4, 0.5) is 26.4 Å². The van der Waals surface area contributed by atoms with Gasteiger partial charge in [0.15, 0.2) is 11.3 Å². The van der Waals surface area contributed by atoms with Gasteiger partial charge in [-0.3, -0.25) is 4.79 Å². The average molecular weight is 527 g/mol. The Hall–Kier alpha value is -4.00. The minimum absolute atomic E-state index is 0.0507. The number of carboxylic acid groups (broad SMARTS) is 1. The van der Waals surface area contributed by atoms with E-state index < -0.39 is 17.9 Å². The molecule has 0 aromatic carbocycles. The Bertz CT molecular complexity index is 1310. The molecule has 0 radical (unpaired) electrons. The Morgan fingerprint density at radius 1 is 1.13 bits per heavy atom. The lowest BCUT2D eigenvalue weighted by molar-refractivity contribution is 0.0854. The smallest absolute Gasteiger partial charge is 0.407 e. The van der Waals surface area contributed by atoms with Crippen LogP contribution in [0.2, 0.25) is 0 Å². The lowest BCUT2D eigenvalue weighted by atomic mass is 9.90. The quantitative estimate of drug-likeness (QED) is 0.292. The predicted octanol–water partition coefficient (Wildman–Crippen LogP) is 3.44. The van der Waals surface area contributed by atoms with E-state index in [-0.39, 0.29) is 23.5 Å². The van der Waals surface area contributed by atoms with Gasteiger partial charge < -0.3 is 30.7 Å². The van der Waals surface area contributed by atoms with Gasteiger partial charge in [0.2, 0.25) is 5.95 Å². The third-order valence-electron chi connectivity index (χ3n) is 6.89. The Labute approximate surface area is 218 Å². The molecule has 202 valence electrons. The fourth-order valence-electron chi connectivity index (χ4n) is 4.79. The molecule has 5 rings (SSSR count). The third-order valence-corrected chi connectivity index (χ3v) is 6.89. The number of rotatable bonds is 10. The molecule has 13 heteroatoms. The normalized spacial score (nSPS) is 19.2. The molecule has 2 saturated carbocycles. The van der Waals surface area contributed by atoms with Gasteiger partial charge in [-0.25, -0.2) is 19.3 Å². The van der Waals surface area contributed by atoms with Crippen LogP contribution in [0.5, 0.6) is 0 Å². The molecule has 0 bridgehead atoms. The first-order valence-corrected chi connectivity index (χ1v) is 12.7. The van der Waals surface area contributed by atoms with Crippen molar-refractivity contribution in [2.24, 2.45) is 0 Å². The molecule has 0 aliphatic heterocycles. The summed E-state index contributed by atoms with van der Waals surface area (Å²) in [6, 6.07) is 4.94. The second kappa shape index (κ2) is 11.2. The van der Waals surface area contributed by atoms with Crippen LogP contribution in [0, 0.1) is 5.95 Å². The summed E-state index contributed by atoms with van der Waals surface area (Å²) in [6.07, 6.45) is 6.92. The summed E-state index contributed by atoms with van der Waals surface area (Å²) >= 11 is 0. The van der Waals surface area contributed by atoms with Gasteiger partial charge in [-0.15, -0.1) is 5.10 Å². The molecule has 2 aliphatic rings. The van der Waals surface area contributed by atoms with Gasteiger partial charge >= 0.3 is 6.09 Å². The molecule has 2 amide bonds. The summed E-state index contributed by atoms with van der Waals surface area (Å²) in [5.74, 6) is -0.586. The number of methoxy groups -OCH3 is 1. The molecule has 0 atom stereocenters. The number of hydrogen-bond acceptors (Lipinski definition) is 8. The van der Waals surface area contributed by atoms with E-state index in [9.17, 15) is 19.1 Å². The molecule has 3 aromatic heterocycles. The molecule has 3 aromatic rings. The first-order chi connectivity index (χ1) is 18.4. The number of anilines is 3. The van der Waals surface area contributed by atoms with Crippen molar-refractivity contribution < 1.29 is 23.8 Å². The van der Waals surface area contributed by atoms with Gasteiger partial charge in [-0.1, -0.05) is 0 Å². The number of imidazole rings is 1. The van der Waals surface area contributed by atoms with E-state index in [1.165, 1.54) is 27.9 Å². The van der Waals surface area contributed by atoms with E-state index in [1.54, 1.807) is 7.11 Å². The second-order valence-corrected chi connectivity index (χ2v) is 9.68. The number of fused-ring (bicyclic) bond motifs is 1. The molecule has 2 aliphatic carbocycles. The van der Waals surface area contributed by atoms with Gasteiger partial charge in [-0.05, 0) is 44.6 Å². The van der Waals surface area contributed by atoms with Crippen LogP contribution < -0.4 is 16.0 Å². The van der Waals surface area contributed by atoms with Crippen molar-refractivity contribution in [1.29, 1.82) is 0 Å². The largest absolute Gasteiger partial charge is 0.465 e. The van der Waals surface area contributed by atoms with Crippen LogP contribution in [-0.4, -0.2) is 80.0 Å². The zero-order chi connectivity index (χ0) is 26.6. The van der Waals surface area contributed by atoms with Crippen molar-refractivity contribution in [2.45, 2.75) is 56.7 Å². The molecule has 3 heterocycles. The van der Waals surface area contributed by atoms with Crippen molar-refractivity contribution in [3.63, 3.8) is 0 Å². The lowest BCUT2D eigenvalue weighted by Gasteiger charge is -2.35. The van der Waals surface area contributed by atoms with Crippen LogP contribution in [-0.2, 0) is 4.74 Å². The summed E-state index contributed by atoms with van der Waals surface area (Å²) in [4.78, 5) is 34.1. The Kier molecular flexibility index (Phi) is 7.54. The molecular weight excluding hydrogens is 495 g/mol. The summed E-state index contributed by atoms with van der Waals surface area (Å²) < 4.78 is 20.0. The third kappa shape index (κ3) is 5.93. The van der Waals surface area contributed by atoms with Gasteiger partial charge in [-0.2, -0.15) is 4.39 Å². The monoisotopic (exact) mass is 526 g/mol. The number of hydrogen-bond donors (Lipinski definition) is 4. The summed E-state index contributed by atoms with van der Waals surface area (Å²) in [6.45, 7) is 0.711. The summed E-state index contributed by atoms with van der Waals surface area (Å²) in [5, 5.41) is 23.9. The molecular formula is C25H31FN8O4. The highest BCUT2D eigenvalue weighted by molar-refractivity contribution is 6.03. The molecule has 0 unspecified atom stereocenters. The molecule has 0 spiro atoms. The van der Waals surface area contributed by atoms with E-state index in [2.05, 4.69) is 31.0 Å². The van der Waals surface area contributed by atoms with Crippen molar-refractivity contribution in [3.8, 4) is 0 Å². The number of carbonyl (C=O) groups excluding carboxylic acids is 1. The Morgan fingerprint density at radius 3 is 2.55 bits per heavy atom. The number of ether oxygens (including phenoxy) is 1. The first-order valence-electron chi connectivity index (χ1n) is 12.7. The molecule has 4 N–H and O–H groups in total. The van der Waals surface area contributed by atoms with Gasteiger partial charge in [0, 0.05) is 55.8 Å². The highest BCUT2D eigenvalue weighted by Crippen LogP contribution is 2.30. The highest BCUT2D eigenvalue weighted by Gasteiger charge is 2.29. The maximum atomic E-state index is 13.5. The van der Waals surface area contributed by atoms with E-state index in [1.807, 2.05) is 6.07 Å². The standard InChI is InChI=1S/C25H31FN8O4/c1-38-11-10-33(25(36)37)18-6-4-16(5-7-18)30-22-13-19(29-15-2-3-15)23-28-14-20(34(23)32-22)24(35)31-17-8-9-27-21(26)12-17/h8-9,12-16,18,29H,2-7,10-11H2,1H3,(H,30,32)(H,36,37)(H,27,31,35)/t16-,18-. The van der Waals surface area contributed by atoms with Gasteiger partial charge in [0.1, 0.15) is 5.82 Å². The molecule has 2 fully saturated rings. The molecule has 12 nitrogen and oxygen atoms in total. The van der Waals surface area contributed by atoms with Crippen LogP contribution in [0.25, 0.3) is 5.65 Å². The zero-order valence-corrected chi connectivity index (χ0v) is 21.1. The van der Waals surface area contributed by atoms with E-state index >= 15 is 0 Å². The number of nitrogens with zero attached hydrogens (tertiary/aromatic N) is 5. The van der Waals surface area contributed by atoms with Crippen molar-refractivity contribution in [3.05, 3.63) is 42.2 Å². The Morgan fingerprint density at radius 2 is 1.87 bits per heavy atom. The minimum atomic E-state index is -0.929. The maximum Gasteiger partial charge on any atom is 0.407 e. The topological polar surface area (TPSA) is 146 Å². The predicted molar refractivity (Wildman–Crippen MR) is 138 cm³/mol. The number of amides is 2. The Balaban J connectivity index is 1.33. The van der Waals surface area contributed by atoms with Gasteiger partial charge in [0.25, 0.3) is 5.91 Å². The van der Waals surface area contributed by atoms with Crippen LogP contribution in [0.3, 0.4) is 0 Å². The molecule has 38 heavy (non-hydrogen) atoms. The summed E-state index contributed by atoms with van der Waals surface area (Å²) in [7, 11) is 1.56. The van der Waals surface area contributed by atoms with E-state index in [0.717, 1.165) is 50.3 Å². The lowest BCUT2D eigenvalue weighted by Crippen LogP contribution is -2.44. The SMILES string of the molecule is COCCN(C(=O)O)[C@H]1CC[C@H](Nc2cc(NC3CC3)c3ncc(C(=O)Nc4ccnc(F)c4)n3n2)CC1. The average Bonchev–Trinajstić information content (AvgIpc) is 3.60. The van der Waals surface area contributed by atoms with Crippen LogP contribution in [0.15, 0.2) is 30.6 Å². The number of carbonyl (C=O) groups is 2. The second-order valence-electron chi connectivity index (χ2n) is 9.68. The fraction of sp³-hybridized carbons (Fsp3) is 0.480. The number of halogens is 1. The summed E-state index contributed by atoms with van der Waals surface area (Å²) in [5.41, 5.74) is 1.77. The number of pyridine rings is 1. The maximum absolute atomic E-state index is 13.5. The van der Waals surface area contributed by atoms with Crippen molar-refractivity contribution in [2.75, 3.05) is 36.2 Å². The number of nitrogens with one attached hydrogen (secondary N) is 3. The van der Waals surface area contributed by atoms with Gasteiger partial charge in [0.05, 0.1) is 18.5 Å². The van der Waals surface area contributed by atoms with E-state index in [4.69, 9.17) is 4.74 Å². The minimum Gasteiger partial charge on any atom is -0.465 e. The highest BCUT2D eigenvalue weighted by atomic mass is 19.1. The fourth-order valence-corrected chi connectivity index (χ4v) is 4.79. The van der Waals surface area contributed by atoms with E-state index in [0.29, 0.717) is 30.7 Å². The van der Waals surface area contributed by atoms with Crippen LogP contribution in [0.1, 0.15) is 49.0 Å². The number of aromatic nitrogens is 4.